The molecule has 14 heavy (non-hydrogen) atoms. The van der Waals surface area contributed by atoms with Crippen molar-refractivity contribution in [1.29, 1.82) is 0 Å². The Balaban J connectivity index is 3.86. The van der Waals surface area contributed by atoms with E-state index in [1.165, 1.54) is 0 Å². The van der Waals surface area contributed by atoms with Crippen molar-refractivity contribution in [3.8, 4) is 0 Å². The van der Waals surface area contributed by atoms with Gasteiger partial charge in [-0.25, -0.2) is 0 Å². The van der Waals surface area contributed by atoms with Crippen LogP contribution < -0.4 is 0 Å². The van der Waals surface area contributed by atoms with E-state index in [0.29, 0.717) is 13.1 Å². The van der Waals surface area contributed by atoms with E-state index in [-0.39, 0.29) is 25.9 Å². The molecule has 3 N–H and O–H groups in total. The third kappa shape index (κ3) is 6.41. The molecule has 0 aliphatic heterocycles. The van der Waals surface area contributed by atoms with Crippen molar-refractivity contribution in [3.63, 3.8) is 0 Å². The number of nitrogens with zero attached hydrogens (tertiary/aromatic N) is 1. The van der Waals surface area contributed by atoms with E-state index in [1.54, 1.807) is 11.8 Å². The number of hydrogen-bond donors (Lipinski definition) is 3. The Morgan fingerprint density at radius 2 is 1.86 bits per heavy atom. The van der Waals surface area contributed by atoms with Crippen LogP contribution in [0.2, 0.25) is 0 Å². The molecule has 0 aliphatic carbocycles. The maximum absolute atomic E-state index is 10.2. The van der Waals surface area contributed by atoms with Gasteiger partial charge in [-0.15, -0.1) is 0 Å². The molecule has 0 bridgehead atoms. The highest BCUT2D eigenvalue weighted by Crippen LogP contribution is 1.99. The molecular weight excluding hydrogens is 210 g/mol. The van der Waals surface area contributed by atoms with E-state index in [0.717, 1.165) is 0 Å². The normalized spacial score (nSPS) is 15.8. The predicted molar refractivity (Wildman–Crippen MR) is 51.9 cm³/mol. The average molecular weight is 227 g/mol. The van der Waals surface area contributed by atoms with Crippen molar-refractivity contribution in [2.45, 2.75) is 13.0 Å². The van der Waals surface area contributed by atoms with Crippen LogP contribution in [0, 0.1) is 0 Å². The van der Waals surface area contributed by atoms with Gasteiger partial charge in [0.25, 0.3) is 0 Å². The van der Waals surface area contributed by atoms with Crippen molar-refractivity contribution >= 4 is 11.4 Å². The summed E-state index contributed by atoms with van der Waals surface area (Å²) in [5, 5.41) is 17.4. The lowest BCUT2D eigenvalue weighted by molar-refractivity contribution is 0.101. The zero-order valence-corrected chi connectivity index (χ0v) is 8.94. The molecule has 86 valence electrons. The van der Waals surface area contributed by atoms with Crippen LogP contribution in [-0.2, 0) is 15.5 Å². The molecule has 0 spiro atoms. The summed E-state index contributed by atoms with van der Waals surface area (Å²) in [7, 11) is 0. The lowest BCUT2D eigenvalue weighted by Gasteiger charge is -2.26. The average Bonchev–Trinajstić information content (AvgIpc) is 2.14. The Kier molecular flexibility index (Phi) is 8.24. The van der Waals surface area contributed by atoms with E-state index in [9.17, 15) is 4.21 Å². The molecule has 0 saturated carbocycles. The highest BCUT2D eigenvalue weighted by molar-refractivity contribution is 7.74. The summed E-state index contributed by atoms with van der Waals surface area (Å²) >= 11 is -2.26. The van der Waals surface area contributed by atoms with Crippen LogP contribution in [0.25, 0.3) is 0 Å². The lowest BCUT2D eigenvalue weighted by atomic mass is 10.3. The molecule has 0 fully saturated rings. The molecular formula is C7H17NO5S. The summed E-state index contributed by atoms with van der Waals surface area (Å²) in [6, 6.07) is -0.120. The van der Waals surface area contributed by atoms with E-state index >= 15 is 0 Å². The second kappa shape index (κ2) is 8.27. The Labute approximate surface area is 86.0 Å². The van der Waals surface area contributed by atoms with E-state index < -0.39 is 11.4 Å². The fourth-order valence-electron chi connectivity index (χ4n) is 1.07. The molecule has 2 unspecified atom stereocenters. The standard InChI is InChI=1S/C7H17NO5S/c1-7(6-13-14(11)12)8(2-4-9)3-5-10/h7,9-10H,2-6H2,1H3,(H,11,12). The van der Waals surface area contributed by atoms with Gasteiger partial charge < -0.3 is 10.2 Å². The van der Waals surface area contributed by atoms with Crippen LogP contribution in [0.5, 0.6) is 0 Å². The van der Waals surface area contributed by atoms with Gasteiger partial charge in [-0.3, -0.25) is 13.6 Å². The van der Waals surface area contributed by atoms with Crippen molar-refractivity contribution < 1.29 is 23.2 Å². The quantitative estimate of drug-likeness (QED) is 0.452. The molecule has 0 rings (SSSR count). The second-order valence-corrected chi connectivity index (χ2v) is 3.50. The molecule has 0 amide bonds. The summed E-state index contributed by atoms with van der Waals surface area (Å²) in [6.45, 7) is 2.65. The molecule has 0 aliphatic rings. The molecule has 0 aromatic rings. The van der Waals surface area contributed by atoms with Gasteiger partial charge in [0.2, 0.25) is 0 Å². The van der Waals surface area contributed by atoms with Crippen molar-refractivity contribution in [1.82, 2.24) is 4.90 Å². The van der Waals surface area contributed by atoms with E-state index in [4.69, 9.17) is 14.8 Å². The van der Waals surface area contributed by atoms with E-state index in [2.05, 4.69) is 4.18 Å². The van der Waals surface area contributed by atoms with Crippen LogP contribution >= 0.6 is 0 Å². The third-order valence-corrected chi connectivity index (χ3v) is 2.15. The molecule has 7 heteroatoms. The van der Waals surface area contributed by atoms with Gasteiger partial charge in [-0.05, 0) is 6.92 Å². The predicted octanol–water partition coefficient (Wildman–Crippen LogP) is -1.19. The third-order valence-electron chi connectivity index (χ3n) is 1.81. The molecule has 0 aromatic carbocycles. The first-order valence-corrected chi connectivity index (χ1v) is 5.35. The number of rotatable bonds is 8. The lowest BCUT2D eigenvalue weighted by Crippen LogP contribution is -2.40. The topological polar surface area (TPSA) is 90.2 Å². The number of hydrogen-bond acceptors (Lipinski definition) is 5. The highest BCUT2D eigenvalue weighted by atomic mass is 32.2. The van der Waals surface area contributed by atoms with Crippen LogP contribution in [0.4, 0.5) is 0 Å². The van der Waals surface area contributed by atoms with Crippen molar-refractivity contribution in [2.24, 2.45) is 0 Å². The minimum Gasteiger partial charge on any atom is -0.395 e. The first-order chi connectivity index (χ1) is 6.61. The molecule has 0 saturated heterocycles. The molecule has 2 atom stereocenters. The largest absolute Gasteiger partial charge is 0.395 e. The monoisotopic (exact) mass is 227 g/mol. The minimum atomic E-state index is -2.26. The summed E-state index contributed by atoms with van der Waals surface area (Å²) < 4.78 is 23.1. The second-order valence-electron chi connectivity index (χ2n) is 2.83. The first-order valence-electron chi connectivity index (χ1n) is 4.31. The van der Waals surface area contributed by atoms with Gasteiger partial charge in [0, 0.05) is 19.1 Å². The van der Waals surface area contributed by atoms with Gasteiger partial charge in [-0.2, -0.15) is 4.21 Å². The van der Waals surface area contributed by atoms with Crippen LogP contribution in [0.3, 0.4) is 0 Å². The van der Waals surface area contributed by atoms with Gasteiger partial charge in [-0.1, -0.05) is 0 Å². The molecule has 0 heterocycles. The summed E-state index contributed by atoms with van der Waals surface area (Å²) in [5.74, 6) is 0. The van der Waals surface area contributed by atoms with Gasteiger partial charge in [0.1, 0.15) is 0 Å². The number of aliphatic hydroxyl groups excluding tert-OH is 2. The Bertz CT molecular complexity index is 162. The molecule has 0 aromatic heterocycles. The van der Waals surface area contributed by atoms with Crippen LogP contribution in [0.15, 0.2) is 0 Å². The van der Waals surface area contributed by atoms with Gasteiger partial charge >= 0.3 is 11.4 Å². The van der Waals surface area contributed by atoms with Gasteiger partial charge in [0.05, 0.1) is 19.8 Å². The van der Waals surface area contributed by atoms with Gasteiger partial charge in [0.15, 0.2) is 0 Å². The summed E-state index contributed by atoms with van der Waals surface area (Å²) in [5.41, 5.74) is 0. The Hall–Kier alpha value is -0.0500. The summed E-state index contributed by atoms with van der Waals surface area (Å²) in [4.78, 5) is 1.77. The smallest absolute Gasteiger partial charge is 0.301 e. The molecule has 6 nitrogen and oxygen atoms in total. The maximum atomic E-state index is 10.2. The number of aliphatic hydroxyl groups is 2. The van der Waals surface area contributed by atoms with Crippen LogP contribution in [0.1, 0.15) is 6.92 Å². The summed E-state index contributed by atoms with van der Waals surface area (Å²) in [6.07, 6.45) is 0. The van der Waals surface area contributed by atoms with Crippen molar-refractivity contribution in [3.05, 3.63) is 0 Å². The maximum Gasteiger partial charge on any atom is 0.301 e. The van der Waals surface area contributed by atoms with Crippen LogP contribution in [-0.4, -0.2) is 62.8 Å². The highest BCUT2D eigenvalue weighted by Gasteiger charge is 2.13. The van der Waals surface area contributed by atoms with E-state index in [1.807, 2.05) is 0 Å². The Morgan fingerprint density at radius 1 is 1.36 bits per heavy atom. The molecule has 0 radical (unpaired) electrons. The first kappa shape index (κ1) is 13.9. The fraction of sp³-hybridized carbons (Fsp3) is 1.00. The zero-order chi connectivity index (χ0) is 11.0. The van der Waals surface area contributed by atoms with Crippen molar-refractivity contribution in [2.75, 3.05) is 32.9 Å². The minimum absolute atomic E-state index is 0.0213. The zero-order valence-electron chi connectivity index (χ0n) is 8.13. The Morgan fingerprint density at radius 3 is 2.21 bits per heavy atom. The SMILES string of the molecule is CC(COS(=O)O)N(CCO)CCO. The fourth-order valence-corrected chi connectivity index (χ4v) is 1.38.